The zero-order valence-corrected chi connectivity index (χ0v) is 13.2. The third-order valence-electron chi connectivity index (χ3n) is 4.85. The molecule has 0 radical (unpaired) electrons. The number of carbonyl (C=O) groups is 1. The van der Waals surface area contributed by atoms with Gasteiger partial charge in [-0.2, -0.15) is 0 Å². The number of hydrogen-bond donors (Lipinski definition) is 0. The van der Waals surface area contributed by atoms with Gasteiger partial charge in [0.25, 0.3) is 5.91 Å². The molecule has 0 aliphatic carbocycles. The van der Waals surface area contributed by atoms with E-state index in [4.69, 9.17) is 0 Å². The number of hydrogen-bond acceptors (Lipinski definition) is 5. The van der Waals surface area contributed by atoms with Crippen LogP contribution in [0, 0.1) is 0 Å². The van der Waals surface area contributed by atoms with Gasteiger partial charge in [-0.05, 0) is 19.3 Å². The Labute approximate surface area is 134 Å². The minimum atomic E-state index is 0.0360. The van der Waals surface area contributed by atoms with E-state index >= 15 is 0 Å². The number of nitrogens with zero attached hydrogens (tertiary/aromatic N) is 6. The van der Waals surface area contributed by atoms with E-state index in [0.29, 0.717) is 5.56 Å². The maximum Gasteiger partial charge on any atom is 0.257 e. The van der Waals surface area contributed by atoms with Gasteiger partial charge in [0.2, 0.25) is 0 Å². The van der Waals surface area contributed by atoms with Crippen LogP contribution in [0.1, 0.15) is 48.2 Å². The van der Waals surface area contributed by atoms with Gasteiger partial charge >= 0.3 is 0 Å². The molecule has 2 bridgehead atoms. The van der Waals surface area contributed by atoms with Crippen molar-refractivity contribution in [3.63, 3.8) is 0 Å². The van der Waals surface area contributed by atoms with Crippen molar-refractivity contribution in [3.05, 3.63) is 35.9 Å². The van der Waals surface area contributed by atoms with Gasteiger partial charge in [0.1, 0.15) is 18.0 Å². The fraction of sp³-hybridized carbons (Fsp3) is 0.562. The monoisotopic (exact) mass is 312 g/mol. The van der Waals surface area contributed by atoms with E-state index in [9.17, 15) is 4.79 Å². The highest BCUT2D eigenvalue weighted by Crippen LogP contribution is 2.32. The smallest absolute Gasteiger partial charge is 0.257 e. The van der Waals surface area contributed by atoms with Gasteiger partial charge in [-0.15, -0.1) is 10.2 Å². The molecule has 4 rings (SSSR count). The Morgan fingerprint density at radius 3 is 2.78 bits per heavy atom. The van der Waals surface area contributed by atoms with Gasteiger partial charge in [-0.1, -0.05) is 6.92 Å². The summed E-state index contributed by atoms with van der Waals surface area (Å²) < 4.78 is 2.23. The molecule has 2 atom stereocenters. The van der Waals surface area contributed by atoms with Gasteiger partial charge < -0.3 is 9.47 Å². The predicted octanol–water partition coefficient (Wildman–Crippen LogP) is 1.25. The average molecular weight is 312 g/mol. The second-order valence-electron chi connectivity index (χ2n) is 6.32. The number of rotatable bonds is 3. The number of carbonyl (C=O) groups excluding carboxylic acids is 1. The second-order valence-corrected chi connectivity index (χ2v) is 6.32. The second kappa shape index (κ2) is 5.72. The van der Waals surface area contributed by atoms with Crippen LogP contribution in [0.2, 0.25) is 0 Å². The van der Waals surface area contributed by atoms with Crippen LogP contribution in [0.25, 0.3) is 0 Å². The van der Waals surface area contributed by atoms with Gasteiger partial charge in [0.15, 0.2) is 0 Å². The van der Waals surface area contributed by atoms with Crippen LogP contribution in [0.4, 0.5) is 0 Å². The number of amides is 1. The summed E-state index contributed by atoms with van der Waals surface area (Å²) in [6, 6.07) is 0.410. The van der Waals surface area contributed by atoms with Crippen molar-refractivity contribution in [1.82, 2.24) is 29.6 Å². The summed E-state index contributed by atoms with van der Waals surface area (Å²) in [7, 11) is 0. The molecule has 2 aromatic rings. The van der Waals surface area contributed by atoms with Crippen molar-refractivity contribution in [2.24, 2.45) is 0 Å². The van der Waals surface area contributed by atoms with Crippen LogP contribution >= 0.6 is 0 Å². The molecule has 0 spiro atoms. The normalized spacial score (nSPS) is 22.7. The lowest BCUT2D eigenvalue weighted by Crippen LogP contribution is -2.42. The summed E-state index contributed by atoms with van der Waals surface area (Å²) in [5.41, 5.74) is 0.566. The van der Waals surface area contributed by atoms with Gasteiger partial charge in [-0.25, -0.2) is 9.97 Å². The maximum atomic E-state index is 12.9. The highest BCUT2D eigenvalue weighted by Gasteiger charge is 2.41. The largest absolute Gasteiger partial charge is 0.330 e. The molecule has 0 saturated carbocycles. The molecule has 2 aliphatic heterocycles. The van der Waals surface area contributed by atoms with Crippen LogP contribution < -0.4 is 0 Å². The van der Waals surface area contributed by atoms with Gasteiger partial charge in [0.05, 0.1) is 11.6 Å². The van der Waals surface area contributed by atoms with E-state index in [0.717, 1.165) is 50.3 Å². The fourth-order valence-electron chi connectivity index (χ4n) is 3.80. The van der Waals surface area contributed by atoms with Crippen LogP contribution in [-0.4, -0.2) is 47.6 Å². The van der Waals surface area contributed by atoms with Gasteiger partial charge in [-0.3, -0.25) is 4.79 Å². The van der Waals surface area contributed by atoms with Crippen molar-refractivity contribution < 1.29 is 4.79 Å². The third-order valence-corrected chi connectivity index (χ3v) is 4.85. The van der Waals surface area contributed by atoms with E-state index in [-0.39, 0.29) is 18.0 Å². The molecule has 23 heavy (non-hydrogen) atoms. The molecule has 2 unspecified atom stereocenters. The van der Waals surface area contributed by atoms with Crippen LogP contribution in [0.15, 0.2) is 18.7 Å². The zero-order valence-electron chi connectivity index (χ0n) is 13.2. The number of fused-ring (bicyclic) bond motifs is 3. The highest BCUT2D eigenvalue weighted by atomic mass is 16.2. The standard InChI is InChI=1S/C16H20N6O/c1-2-3-14-19-20-15-6-12-4-5-13(9-21(14)15)22(12)16(23)11-7-17-10-18-8-11/h7-8,10,12-13H,2-6,9H2,1H3. The Bertz CT molecular complexity index is 713. The van der Waals surface area contributed by atoms with E-state index in [1.165, 1.54) is 6.33 Å². The molecule has 4 heterocycles. The summed E-state index contributed by atoms with van der Waals surface area (Å²) in [5.74, 6) is 2.10. The van der Waals surface area contributed by atoms with Crippen molar-refractivity contribution in [3.8, 4) is 0 Å². The first-order chi connectivity index (χ1) is 11.3. The summed E-state index contributed by atoms with van der Waals surface area (Å²) in [6.07, 6.45) is 9.48. The molecule has 1 amide bonds. The average Bonchev–Trinajstić information content (AvgIpc) is 3.08. The van der Waals surface area contributed by atoms with Crippen molar-refractivity contribution in [2.45, 2.75) is 57.7 Å². The Morgan fingerprint density at radius 2 is 2.00 bits per heavy atom. The Balaban J connectivity index is 1.64. The third kappa shape index (κ3) is 2.40. The van der Waals surface area contributed by atoms with Crippen LogP contribution in [0.5, 0.6) is 0 Å². The minimum absolute atomic E-state index is 0.0360. The van der Waals surface area contributed by atoms with E-state index in [2.05, 4.69) is 31.7 Å². The SMILES string of the molecule is CCCc1nnc2n1CC1CCC(C2)N1C(=O)c1cncnc1. The Hall–Kier alpha value is -2.31. The maximum absolute atomic E-state index is 12.9. The first-order valence-electron chi connectivity index (χ1n) is 8.26. The lowest BCUT2D eigenvalue weighted by Gasteiger charge is -2.27. The quantitative estimate of drug-likeness (QED) is 0.852. The summed E-state index contributed by atoms with van der Waals surface area (Å²) in [4.78, 5) is 22.9. The molecule has 7 heteroatoms. The Kier molecular flexibility index (Phi) is 3.55. The van der Waals surface area contributed by atoms with E-state index in [1.807, 2.05) is 4.90 Å². The summed E-state index contributed by atoms with van der Waals surface area (Å²) in [5, 5.41) is 8.71. The fourth-order valence-corrected chi connectivity index (χ4v) is 3.80. The molecule has 0 N–H and O–H groups in total. The number of aromatic nitrogens is 5. The molecule has 1 fully saturated rings. The molecule has 0 aromatic carbocycles. The first kappa shape index (κ1) is 14.3. The molecular weight excluding hydrogens is 292 g/mol. The molecule has 2 aromatic heterocycles. The lowest BCUT2D eigenvalue weighted by molar-refractivity contribution is 0.0664. The van der Waals surface area contributed by atoms with E-state index < -0.39 is 0 Å². The first-order valence-corrected chi connectivity index (χ1v) is 8.26. The highest BCUT2D eigenvalue weighted by molar-refractivity contribution is 5.94. The summed E-state index contributed by atoms with van der Waals surface area (Å²) >= 11 is 0. The van der Waals surface area contributed by atoms with Crippen LogP contribution in [-0.2, 0) is 19.4 Å². The topological polar surface area (TPSA) is 76.8 Å². The minimum Gasteiger partial charge on any atom is -0.330 e. The van der Waals surface area contributed by atoms with E-state index in [1.54, 1.807) is 12.4 Å². The molecule has 7 nitrogen and oxygen atoms in total. The van der Waals surface area contributed by atoms with Crippen molar-refractivity contribution >= 4 is 5.91 Å². The summed E-state index contributed by atoms with van der Waals surface area (Å²) in [6.45, 7) is 2.95. The molecule has 2 aliphatic rings. The van der Waals surface area contributed by atoms with Crippen molar-refractivity contribution in [2.75, 3.05) is 0 Å². The number of aryl methyl sites for hydroxylation is 1. The molecular formula is C16H20N6O. The molecule has 120 valence electrons. The molecule has 1 saturated heterocycles. The van der Waals surface area contributed by atoms with Crippen molar-refractivity contribution in [1.29, 1.82) is 0 Å². The Morgan fingerprint density at radius 1 is 1.22 bits per heavy atom. The van der Waals surface area contributed by atoms with Crippen LogP contribution in [0.3, 0.4) is 0 Å². The predicted molar refractivity (Wildman–Crippen MR) is 82.7 cm³/mol. The van der Waals surface area contributed by atoms with Gasteiger partial charge in [0, 0.05) is 37.8 Å². The zero-order chi connectivity index (χ0) is 15.8. The lowest BCUT2D eigenvalue weighted by atomic mass is 10.1.